The fraction of sp³-hybridized carbons (Fsp3) is 0.273. The summed E-state index contributed by atoms with van der Waals surface area (Å²) in [5.74, 6) is -0.821. The van der Waals surface area contributed by atoms with Gasteiger partial charge in [-0.25, -0.2) is 13.4 Å². The predicted octanol–water partition coefficient (Wildman–Crippen LogP) is 3.44. The van der Waals surface area contributed by atoms with Crippen LogP contribution in [0.25, 0.3) is 0 Å². The Labute approximate surface area is 205 Å². The maximum Gasteiger partial charge on any atom is 0.421 e. The molecule has 0 spiro atoms. The maximum absolute atomic E-state index is 13.7. The predicted molar refractivity (Wildman–Crippen MR) is 129 cm³/mol. The number of rotatable bonds is 7. The lowest BCUT2D eigenvalue weighted by Crippen LogP contribution is -2.27. The maximum atomic E-state index is 13.7. The molecule has 10 nitrogen and oxygen atoms in total. The highest BCUT2D eigenvalue weighted by molar-refractivity contribution is 7.92. The molecule has 0 saturated carbocycles. The van der Waals surface area contributed by atoms with Gasteiger partial charge >= 0.3 is 6.18 Å². The molecule has 3 heterocycles. The number of sulfonamides is 1. The third-order valence-electron chi connectivity index (χ3n) is 5.63. The van der Waals surface area contributed by atoms with Crippen LogP contribution in [0.3, 0.4) is 0 Å². The Bertz CT molecular complexity index is 1450. The summed E-state index contributed by atoms with van der Waals surface area (Å²) < 4.78 is 66.2. The molecule has 4 rings (SSSR count). The number of carbonyl (C=O) groups excluding carboxylic acids is 1. The highest BCUT2D eigenvalue weighted by atomic mass is 32.2. The van der Waals surface area contributed by atoms with Crippen LogP contribution >= 0.6 is 0 Å². The molecule has 190 valence electrons. The van der Waals surface area contributed by atoms with Gasteiger partial charge in [-0.2, -0.15) is 18.2 Å². The number of benzene rings is 1. The van der Waals surface area contributed by atoms with Gasteiger partial charge in [0, 0.05) is 31.5 Å². The molecule has 3 N–H and O–H groups in total. The zero-order valence-electron chi connectivity index (χ0n) is 19.4. The van der Waals surface area contributed by atoms with Crippen LogP contribution in [0.15, 0.2) is 36.8 Å². The zero-order chi connectivity index (χ0) is 26.3. The topological polar surface area (TPSA) is 129 Å². The molecule has 2 aromatic heterocycles. The van der Waals surface area contributed by atoms with Crippen molar-refractivity contribution in [2.45, 2.75) is 26.1 Å². The summed E-state index contributed by atoms with van der Waals surface area (Å²) in [6.07, 6.45) is -0.0726. The molecule has 0 atom stereocenters. The van der Waals surface area contributed by atoms with Crippen molar-refractivity contribution in [1.82, 2.24) is 15.0 Å². The van der Waals surface area contributed by atoms with Crippen molar-refractivity contribution in [3.05, 3.63) is 59.0 Å². The molecule has 36 heavy (non-hydrogen) atoms. The van der Waals surface area contributed by atoms with Gasteiger partial charge in [-0.15, -0.1) is 0 Å². The van der Waals surface area contributed by atoms with E-state index in [2.05, 4.69) is 30.9 Å². The highest BCUT2D eigenvalue weighted by Gasteiger charge is 2.35. The molecule has 3 aromatic rings. The molecule has 14 heteroatoms. The average Bonchev–Trinajstić information content (AvgIpc) is 3.17. The molecule has 1 amide bonds. The van der Waals surface area contributed by atoms with Crippen molar-refractivity contribution in [3.8, 4) is 0 Å². The van der Waals surface area contributed by atoms with Gasteiger partial charge in [0.1, 0.15) is 11.4 Å². The Balaban J connectivity index is 1.67. The third kappa shape index (κ3) is 5.17. The van der Waals surface area contributed by atoms with Crippen molar-refractivity contribution >= 4 is 44.8 Å². The van der Waals surface area contributed by atoms with Gasteiger partial charge in [0.25, 0.3) is 0 Å². The number of carbonyl (C=O) groups is 1. The Morgan fingerprint density at radius 3 is 2.64 bits per heavy atom. The first-order valence-corrected chi connectivity index (χ1v) is 12.4. The van der Waals surface area contributed by atoms with E-state index in [1.54, 1.807) is 25.1 Å². The first-order valence-electron chi connectivity index (χ1n) is 10.6. The van der Waals surface area contributed by atoms with Crippen molar-refractivity contribution in [2.75, 3.05) is 33.6 Å². The molecular weight excluding hydrogens is 499 g/mol. The van der Waals surface area contributed by atoms with Crippen LogP contribution in [0.4, 0.5) is 42.0 Å². The Kier molecular flexibility index (Phi) is 6.47. The van der Waals surface area contributed by atoms with Gasteiger partial charge in [-0.1, -0.05) is 12.1 Å². The summed E-state index contributed by atoms with van der Waals surface area (Å²) in [7, 11) is -2.31. The summed E-state index contributed by atoms with van der Waals surface area (Å²) in [5.41, 5.74) is 1.83. The molecule has 1 aromatic carbocycles. The number of anilines is 5. The van der Waals surface area contributed by atoms with E-state index in [1.165, 1.54) is 19.4 Å². The molecule has 0 saturated heterocycles. The van der Waals surface area contributed by atoms with Crippen LogP contribution in [0.5, 0.6) is 0 Å². The molecule has 0 bridgehead atoms. The molecule has 0 aliphatic carbocycles. The standard InChI is InChI=1S/C22H22F3N7O3S/c1-12-8-26-11-17(32(2)36(3,34)35)14(12)9-27-20-15(22(23,24)25)10-28-21(31-20)29-16-6-4-5-13-7-18(33)30-19(13)16/h4-6,8,10-11H,7,9H2,1-3H3,(H,30,33)(H2,27,28,29,31). The Hall–Kier alpha value is -3.94. The molecule has 0 fully saturated rings. The number of hydrogen-bond acceptors (Lipinski definition) is 8. The molecule has 0 radical (unpaired) electrons. The minimum absolute atomic E-state index is 0.125. The van der Waals surface area contributed by atoms with E-state index in [0.29, 0.717) is 28.7 Å². The van der Waals surface area contributed by atoms with E-state index >= 15 is 0 Å². The van der Waals surface area contributed by atoms with Gasteiger partial charge in [0.05, 0.1) is 35.9 Å². The number of halogens is 3. The molecule has 0 unspecified atom stereocenters. The normalized spacial score (nSPS) is 13.2. The second kappa shape index (κ2) is 9.26. The van der Waals surface area contributed by atoms with Crippen LogP contribution in [0.2, 0.25) is 0 Å². The van der Waals surface area contributed by atoms with Crippen molar-refractivity contribution < 1.29 is 26.4 Å². The van der Waals surface area contributed by atoms with E-state index < -0.39 is 27.6 Å². The number of amides is 1. The van der Waals surface area contributed by atoms with Gasteiger partial charge in [0.15, 0.2) is 0 Å². The smallest absolute Gasteiger partial charge is 0.365 e. The largest absolute Gasteiger partial charge is 0.421 e. The lowest BCUT2D eigenvalue weighted by Gasteiger charge is -2.22. The zero-order valence-corrected chi connectivity index (χ0v) is 20.3. The number of alkyl halides is 3. The summed E-state index contributed by atoms with van der Waals surface area (Å²) >= 11 is 0. The number of hydrogen-bond donors (Lipinski definition) is 3. The summed E-state index contributed by atoms with van der Waals surface area (Å²) in [5, 5.41) is 8.25. The minimum atomic E-state index is -4.75. The summed E-state index contributed by atoms with van der Waals surface area (Å²) in [4.78, 5) is 23.6. The number of nitrogens with zero attached hydrogens (tertiary/aromatic N) is 4. The number of aromatic nitrogens is 3. The van der Waals surface area contributed by atoms with Crippen molar-refractivity contribution in [2.24, 2.45) is 0 Å². The second-order valence-corrected chi connectivity index (χ2v) is 10.2. The van der Waals surface area contributed by atoms with Crippen LogP contribution in [-0.2, 0) is 34.0 Å². The van der Waals surface area contributed by atoms with Crippen LogP contribution in [0, 0.1) is 6.92 Å². The monoisotopic (exact) mass is 521 g/mol. The number of nitrogens with one attached hydrogen (secondary N) is 3. The highest BCUT2D eigenvalue weighted by Crippen LogP contribution is 2.36. The second-order valence-electron chi connectivity index (χ2n) is 8.18. The molecule has 1 aliphatic rings. The van der Waals surface area contributed by atoms with Crippen molar-refractivity contribution in [3.63, 3.8) is 0 Å². The van der Waals surface area contributed by atoms with Crippen molar-refractivity contribution in [1.29, 1.82) is 0 Å². The van der Waals surface area contributed by atoms with Gasteiger partial charge in [-0.05, 0) is 24.1 Å². The van der Waals surface area contributed by atoms with E-state index in [0.717, 1.165) is 16.1 Å². The molecule has 1 aliphatic heterocycles. The first-order chi connectivity index (χ1) is 16.8. The summed E-state index contributed by atoms with van der Waals surface area (Å²) in [6.45, 7) is 1.51. The van der Waals surface area contributed by atoms with Crippen LogP contribution in [0.1, 0.15) is 22.3 Å². The number of para-hydroxylation sites is 1. The van der Waals surface area contributed by atoms with E-state index in [-0.39, 0.29) is 30.5 Å². The quantitative estimate of drug-likeness (QED) is 0.431. The minimum Gasteiger partial charge on any atom is -0.365 e. The number of pyridine rings is 1. The fourth-order valence-corrected chi connectivity index (χ4v) is 4.20. The number of fused-ring (bicyclic) bond motifs is 1. The third-order valence-corrected chi connectivity index (χ3v) is 6.82. The number of aryl methyl sites for hydroxylation is 1. The SMILES string of the molecule is Cc1cncc(N(C)S(C)(=O)=O)c1CNc1nc(Nc2cccc3c2NC(=O)C3)ncc1C(F)(F)F. The van der Waals surface area contributed by atoms with E-state index in [1.807, 2.05) is 0 Å². The Morgan fingerprint density at radius 2 is 1.94 bits per heavy atom. The first kappa shape index (κ1) is 25.2. The fourth-order valence-electron chi connectivity index (χ4n) is 3.69. The van der Waals surface area contributed by atoms with Crippen LogP contribution < -0.4 is 20.3 Å². The Morgan fingerprint density at radius 1 is 1.19 bits per heavy atom. The van der Waals surface area contributed by atoms with E-state index in [4.69, 9.17) is 0 Å². The van der Waals surface area contributed by atoms with Gasteiger partial charge < -0.3 is 16.0 Å². The lowest BCUT2D eigenvalue weighted by atomic mass is 10.1. The van der Waals surface area contributed by atoms with E-state index in [9.17, 15) is 26.4 Å². The van der Waals surface area contributed by atoms with Gasteiger partial charge in [-0.3, -0.25) is 14.1 Å². The van der Waals surface area contributed by atoms with Gasteiger partial charge in [0.2, 0.25) is 21.9 Å². The van der Waals surface area contributed by atoms with Crippen LogP contribution in [-0.4, -0.2) is 42.6 Å². The summed E-state index contributed by atoms with van der Waals surface area (Å²) in [6, 6.07) is 5.12. The lowest BCUT2D eigenvalue weighted by molar-refractivity contribution is -0.137. The molecular formula is C22H22F3N7O3S. The average molecular weight is 522 g/mol.